The molecular formula is C20H20N2O8. The molecule has 2 aromatic rings. The zero-order valence-electron chi connectivity index (χ0n) is 16.4. The van der Waals surface area contributed by atoms with Crippen LogP contribution in [0.15, 0.2) is 36.4 Å². The van der Waals surface area contributed by atoms with Gasteiger partial charge >= 0.3 is 5.97 Å². The molecule has 0 fully saturated rings. The van der Waals surface area contributed by atoms with Gasteiger partial charge in [0.05, 0.1) is 19.8 Å². The van der Waals surface area contributed by atoms with Gasteiger partial charge in [-0.05, 0) is 36.4 Å². The van der Waals surface area contributed by atoms with Crippen LogP contribution < -0.4 is 29.8 Å². The summed E-state index contributed by atoms with van der Waals surface area (Å²) < 4.78 is 26.0. The van der Waals surface area contributed by atoms with Crippen LogP contribution in [0.5, 0.6) is 23.0 Å². The Morgan fingerprint density at radius 2 is 1.57 bits per heavy atom. The quantitative estimate of drug-likeness (QED) is 0.530. The SMILES string of the molecule is COc1ccc(C(=O)NNC(=O)COC(=O)c2ccc3c(c2)OCCO3)cc1OC. The van der Waals surface area contributed by atoms with Crippen molar-refractivity contribution in [2.75, 3.05) is 34.0 Å². The summed E-state index contributed by atoms with van der Waals surface area (Å²) in [6.07, 6.45) is 0. The van der Waals surface area contributed by atoms with E-state index in [1.165, 1.54) is 38.5 Å². The fraction of sp³-hybridized carbons (Fsp3) is 0.250. The Balaban J connectivity index is 1.49. The standard InChI is InChI=1S/C20H20N2O8/c1-26-14-5-3-12(9-16(14)27-2)19(24)22-21-18(23)11-30-20(25)13-4-6-15-17(10-13)29-8-7-28-15/h3-6,9-10H,7-8,11H2,1-2H3,(H,21,23)(H,22,24). The summed E-state index contributed by atoms with van der Waals surface area (Å²) >= 11 is 0. The molecule has 0 saturated carbocycles. The van der Waals surface area contributed by atoms with Gasteiger partial charge in [-0.3, -0.25) is 20.4 Å². The Labute approximate surface area is 172 Å². The predicted octanol–water partition coefficient (Wildman–Crippen LogP) is 1.09. The second-order valence-electron chi connectivity index (χ2n) is 6.01. The van der Waals surface area contributed by atoms with E-state index in [0.29, 0.717) is 36.2 Å². The van der Waals surface area contributed by atoms with Gasteiger partial charge < -0.3 is 23.7 Å². The number of nitrogens with one attached hydrogen (secondary N) is 2. The van der Waals surface area contributed by atoms with Gasteiger partial charge in [0, 0.05) is 5.56 Å². The number of ether oxygens (including phenoxy) is 5. The molecule has 0 atom stereocenters. The van der Waals surface area contributed by atoms with Crippen LogP contribution in [-0.2, 0) is 9.53 Å². The highest BCUT2D eigenvalue weighted by molar-refractivity contribution is 5.96. The summed E-state index contributed by atoms with van der Waals surface area (Å²) in [5.41, 5.74) is 4.85. The number of hydrogen-bond acceptors (Lipinski definition) is 8. The number of amides is 2. The van der Waals surface area contributed by atoms with E-state index in [2.05, 4.69) is 10.9 Å². The van der Waals surface area contributed by atoms with Gasteiger partial charge in [-0.1, -0.05) is 0 Å². The second kappa shape index (κ2) is 9.50. The van der Waals surface area contributed by atoms with Crippen molar-refractivity contribution < 1.29 is 38.1 Å². The topological polar surface area (TPSA) is 121 Å². The average molecular weight is 416 g/mol. The van der Waals surface area contributed by atoms with E-state index in [1.807, 2.05) is 0 Å². The number of benzene rings is 2. The molecular weight excluding hydrogens is 396 g/mol. The first-order valence-corrected chi connectivity index (χ1v) is 8.90. The number of methoxy groups -OCH3 is 2. The molecule has 2 N–H and O–H groups in total. The molecule has 0 saturated heterocycles. The molecule has 0 spiro atoms. The first kappa shape index (κ1) is 20.8. The molecule has 30 heavy (non-hydrogen) atoms. The van der Waals surface area contributed by atoms with Gasteiger partial charge in [0.15, 0.2) is 29.6 Å². The minimum absolute atomic E-state index is 0.210. The van der Waals surface area contributed by atoms with Crippen molar-refractivity contribution in [2.24, 2.45) is 0 Å². The fourth-order valence-corrected chi connectivity index (χ4v) is 2.60. The molecule has 0 radical (unpaired) electrons. The van der Waals surface area contributed by atoms with Crippen LogP contribution in [0.1, 0.15) is 20.7 Å². The molecule has 10 nitrogen and oxygen atoms in total. The molecule has 0 bridgehead atoms. The second-order valence-corrected chi connectivity index (χ2v) is 6.01. The third kappa shape index (κ3) is 4.90. The Morgan fingerprint density at radius 1 is 0.867 bits per heavy atom. The van der Waals surface area contributed by atoms with Crippen LogP contribution in [0.4, 0.5) is 0 Å². The molecule has 2 amide bonds. The van der Waals surface area contributed by atoms with Crippen molar-refractivity contribution in [3.8, 4) is 23.0 Å². The lowest BCUT2D eigenvalue weighted by Gasteiger charge is -2.18. The molecule has 1 aliphatic rings. The van der Waals surface area contributed by atoms with E-state index in [0.717, 1.165) is 0 Å². The van der Waals surface area contributed by atoms with E-state index in [1.54, 1.807) is 12.1 Å². The summed E-state index contributed by atoms with van der Waals surface area (Å²) in [6, 6.07) is 9.10. The summed E-state index contributed by atoms with van der Waals surface area (Å²) in [7, 11) is 2.92. The lowest BCUT2D eigenvalue weighted by atomic mass is 10.2. The van der Waals surface area contributed by atoms with Gasteiger partial charge in [0.2, 0.25) is 0 Å². The maximum Gasteiger partial charge on any atom is 0.338 e. The highest BCUT2D eigenvalue weighted by atomic mass is 16.6. The lowest BCUT2D eigenvalue weighted by molar-refractivity contribution is -0.125. The number of hydrazine groups is 1. The zero-order valence-corrected chi connectivity index (χ0v) is 16.4. The van der Waals surface area contributed by atoms with Gasteiger partial charge in [-0.15, -0.1) is 0 Å². The van der Waals surface area contributed by atoms with Crippen molar-refractivity contribution >= 4 is 17.8 Å². The normalized spacial score (nSPS) is 11.8. The molecule has 1 heterocycles. The molecule has 2 aromatic carbocycles. The van der Waals surface area contributed by atoms with Crippen LogP contribution in [0.2, 0.25) is 0 Å². The fourth-order valence-electron chi connectivity index (χ4n) is 2.60. The third-order valence-electron chi connectivity index (χ3n) is 4.07. The number of rotatable bonds is 6. The number of carbonyl (C=O) groups excluding carboxylic acids is 3. The van der Waals surface area contributed by atoms with E-state index in [-0.39, 0.29) is 11.1 Å². The Morgan fingerprint density at radius 3 is 2.30 bits per heavy atom. The van der Waals surface area contributed by atoms with Crippen molar-refractivity contribution in [3.63, 3.8) is 0 Å². The first-order valence-electron chi connectivity index (χ1n) is 8.90. The minimum Gasteiger partial charge on any atom is -0.493 e. The molecule has 158 valence electrons. The van der Waals surface area contributed by atoms with Crippen LogP contribution in [0, 0.1) is 0 Å². The van der Waals surface area contributed by atoms with E-state index in [9.17, 15) is 14.4 Å². The first-order chi connectivity index (χ1) is 14.5. The highest BCUT2D eigenvalue weighted by Crippen LogP contribution is 2.31. The molecule has 1 aliphatic heterocycles. The minimum atomic E-state index is -0.714. The summed E-state index contributed by atoms with van der Waals surface area (Å²) in [4.78, 5) is 36.1. The number of esters is 1. The van der Waals surface area contributed by atoms with Crippen molar-refractivity contribution in [1.29, 1.82) is 0 Å². The molecule has 0 aromatic heterocycles. The summed E-state index contributed by atoms with van der Waals surface area (Å²) in [5, 5.41) is 0. The van der Waals surface area contributed by atoms with Crippen LogP contribution in [-0.4, -0.2) is 51.8 Å². The van der Waals surface area contributed by atoms with Crippen LogP contribution in [0.3, 0.4) is 0 Å². The molecule has 0 unspecified atom stereocenters. The van der Waals surface area contributed by atoms with E-state index < -0.39 is 24.4 Å². The van der Waals surface area contributed by atoms with E-state index in [4.69, 9.17) is 23.7 Å². The smallest absolute Gasteiger partial charge is 0.338 e. The number of carbonyl (C=O) groups is 3. The zero-order chi connectivity index (χ0) is 21.5. The number of fused-ring (bicyclic) bond motifs is 1. The Kier molecular flexibility index (Phi) is 6.58. The summed E-state index contributed by atoms with van der Waals surface area (Å²) in [6.45, 7) is 0.235. The maximum atomic E-state index is 12.2. The van der Waals surface area contributed by atoms with Crippen molar-refractivity contribution in [3.05, 3.63) is 47.5 Å². The molecule has 0 aliphatic carbocycles. The monoisotopic (exact) mass is 416 g/mol. The lowest BCUT2D eigenvalue weighted by Crippen LogP contribution is -2.43. The highest BCUT2D eigenvalue weighted by Gasteiger charge is 2.17. The molecule has 3 rings (SSSR count). The third-order valence-corrected chi connectivity index (χ3v) is 4.07. The van der Waals surface area contributed by atoms with Crippen LogP contribution in [0.25, 0.3) is 0 Å². The van der Waals surface area contributed by atoms with E-state index >= 15 is 0 Å². The van der Waals surface area contributed by atoms with Gasteiger partial charge in [-0.25, -0.2) is 4.79 Å². The van der Waals surface area contributed by atoms with Gasteiger partial charge in [0.25, 0.3) is 11.8 Å². The summed E-state index contributed by atoms with van der Waals surface area (Å²) in [5.74, 6) is -0.213. The van der Waals surface area contributed by atoms with Gasteiger partial charge in [0.1, 0.15) is 13.2 Å². The maximum absolute atomic E-state index is 12.2. The van der Waals surface area contributed by atoms with Crippen molar-refractivity contribution in [1.82, 2.24) is 10.9 Å². The Bertz CT molecular complexity index is 902. The Hall–Kier alpha value is -3.95. The average Bonchev–Trinajstić information content (AvgIpc) is 2.79. The van der Waals surface area contributed by atoms with Crippen molar-refractivity contribution in [2.45, 2.75) is 0 Å². The predicted molar refractivity (Wildman–Crippen MR) is 103 cm³/mol. The van der Waals surface area contributed by atoms with Crippen LogP contribution >= 0.6 is 0 Å². The number of hydrogen-bond donors (Lipinski definition) is 2. The van der Waals surface area contributed by atoms with Gasteiger partial charge in [-0.2, -0.15) is 0 Å². The largest absolute Gasteiger partial charge is 0.493 e. The molecule has 10 heteroatoms.